The molecule has 4 nitrogen and oxygen atoms in total. The Kier molecular flexibility index (Phi) is 4.18. The smallest absolute Gasteiger partial charge is 0.251 e. The third-order valence-corrected chi connectivity index (χ3v) is 3.65. The molecule has 0 atom stereocenters. The Morgan fingerprint density at radius 3 is 2.58 bits per heavy atom. The number of rotatable bonds is 3. The van der Waals surface area contributed by atoms with E-state index in [1.807, 2.05) is 6.07 Å². The van der Waals surface area contributed by atoms with Crippen LogP contribution in [-0.4, -0.2) is 25.7 Å². The summed E-state index contributed by atoms with van der Waals surface area (Å²) in [7, 11) is 0. The summed E-state index contributed by atoms with van der Waals surface area (Å²) in [5.41, 5.74) is 1.28. The molecule has 1 amide bonds. The molecule has 0 aromatic heterocycles. The first-order valence-corrected chi connectivity index (χ1v) is 6.49. The van der Waals surface area contributed by atoms with E-state index in [1.165, 1.54) is 0 Å². The van der Waals surface area contributed by atoms with Gasteiger partial charge in [-0.2, -0.15) is 5.26 Å². The number of hydrogen-bond donors (Lipinski definition) is 1. The third kappa shape index (κ3) is 3.55. The van der Waals surface area contributed by atoms with Crippen molar-refractivity contribution in [3.05, 3.63) is 35.4 Å². The normalized spacial score (nSPS) is 17.5. The standard InChI is InChI=1S/C15H18N2O2/c1-15(6-8-19-9-7-15)11-17-14(18)13-4-2-12(10-16)3-5-13/h2-5H,6-9,11H2,1H3,(H,17,18). The highest BCUT2D eigenvalue weighted by Gasteiger charge is 2.27. The predicted molar refractivity (Wildman–Crippen MR) is 71.7 cm³/mol. The van der Waals surface area contributed by atoms with Gasteiger partial charge in [-0.3, -0.25) is 4.79 Å². The van der Waals surface area contributed by atoms with Crippen LogP contribution in [0.2, 0.25) is 0 Å². The Balaban J connectivity index is 1.91. The zero-order valence-electron chi connectivity index (χ0n) is 11.1. The summed E-state index contributed by atoms with van der Waals surface area (Å²) in [5, 5.41) is 11.7. The summed E-state index contributed by atoms with van der Waals surface area (Å²) in [6.45, 7) is 4.37. The maximum atomic E-state index is 12.0. The van der Waals surface area contributed by atoms with Crippen molar-refractivity contribution in [3.63, 3.8) is 0 Å². The minimum Gasteiger partial charge on any atom is -0.381 e. The molecule has 1 aromatic rings. The fourth-order valence-corrected chi connectivity index (χ4v) is 2.13. The van der Waals surface area contributed by atoms with Crippen LogP contribution in [0.1, 0.15) is 35.7 Å². The van der Waals surface area contributed by atoms with E-state index in [4.69, 9.17) is 10.00 Å². The number of benzene rings is 1. The summed E-state index contributed by atoms with van der Waals surface area (Å²) in [6.07, 6.45) is 1.95. The molecule has 0 saturated carbocycles. The van der Waals surface area contributed by atoms with Crippen molar-refractivity contribution in [3.8, 4) is 6.07 Å². The third-order valence-electron chi connectivity index (χ3n) is 3.65. The van der Waals surface area contributed by atoms with Crippen molar-refractivity contribution in [2.24, 2.45) is 5.41 Å². The van der Waals surface area contributed by atoms with Crippen molar-refractivity contribution in [2.75, 3.05) is 19.8 Å². The number of hydrogen-bond acceptors (Lipinski definition) is 3. The lowest BCUT2D eigenvalue weighted by atomic mass is 9.82. The van der Waals surface area contributed by atoms with Crippen LogP contribution in [0.4, 0.5) is 0 Å². The van der Waals surface area contributed by atoms with Crippen LogP contribution in [0, 0.1) is 16.7 Å². The summed E-state index contributed by atoms with van der Waals surface area (Å²) >= 11 is 0. The molecule has 1 aliphatic heterocycles. The van der Waals surface area contributed by atoms with E-state index in [1.54, 1.807) is 24.3 Å². The summed E-state index contributed by atoms with van der Waals surface area (Å²) in [4.78, 5) is 12.0. The van der Waals surface area contributed by atoms with E-state index in [-0.39, 0.29) is 11.3 Å². The van der Waals surface area contributed by atoms with E-state index in [0.29, 0.717) is 17.7 Å². The lowest BCUT2D eigenvalue weighted by Gasteiger charge is -2.33. The second-order valence-corrected chi connectivity index (χ2v) is 5.29. The maximum absolute atomic E-state index is 12.0. The van der Waals surface area contributed by atoms with Gasteiger partial charge in [0.2, 0.25) is 0 Å². The Morgan fingerprint density at radius 2 is 2.00 bits per heavy atom. The summed E-state index contributed by atoms with van der Waals surface area (Å²) in [6, 6.07) is 8.71. The Bertz CT molecular complexity index is 482. The summed E-state index contributed by atoms with van der Waals surface area (Å²) < 4.78 is 5.34. The lowest BCUT2D eigenvalue weighted by Crippen LogP contribution is -2.39. The molecular weight excluding hydrogens is 240 g/mol. The molecule has 19 heavy (non-hydrogen) atoms. The monoisotopic (exact) mass is 258 g/mol. The topological polar surface area (TPSA) is 62.1 Å². The van der Waals surface area contributed by atoms with Gasteiger partial charge in [-0.15, -0.1) is 0 Å². The van der Waals surface area contributed by atoms with Crippen LogP contribution in [0.25, 0.3) is 0 Å². The van der Waals surface area contributed by atoms with E-state index < -0.39 is 0 Å². The number of ether oxygens (including phenoxy) is 1. The molecule has 0 radical (unpaired) electrons. The van der Waals surface area contributed by atoms with Gasteiger partial charge in [0.1, 0.15) is 0 Å². The first-order valence-electron chi connectivity index (χ1n) is 6.49. The van der Waals surface area contributed by atoms with E-state index in [2.05, 4.69) is 12.2 Å². The molecular formula is C15H18N2O2. The molecule has 1 saturated heterocycles. The fourth-order valence-electron chi connectivity index (χ4n) is 2.13. The van der Waals surface area contributed by atoms with Crippen LogP contribution >= 0.6 is 0 Å². The largest absolute Gasteiger partial charge is 0.381 e. The van der Waals surface area contributed by atoms with Gasteiger partial charge >= 0.3 is 0 Å². The molecule has 4 heteroatoms. The van der Waals surface area contributed by atoms with Gasteiger partial charge in [0.15, 0.2) is 0 Å². The van der Waals surface area contributed by atoms with Crippen molar-refractivity contribution in [1.29, 1.82) is 5.26 Å². The minimum atomic E-state index is -0.0859. The SMILES string of the molecule is CC1(CNC(=O)c2ccc(C#N)cc2)CCOCC1. The van der Waals surface area contributed by atoms with Crippen LogP contribution in [0.15, 0.2) is 24.3 Å². The van der Waals surface area contributed by atoms with Gasteiger partial charge in [-0.1, -0.05) is 6.92 Å². The second-order valence-electron chi connectivity index (χ2n) is 5.29. The average Bonchev–Trinajstić information content (AvgIpc) is 2.46. The average molecular weight is 258 g/mol. The fraction of sp³-hybridized carbons (Fsp3) is 0.467. The van der Waals surface area contributed by atoms with Crippen LogP contribution in [-0.2, 0) is 4.74 Å². The minimum absolute atomic E-state index is 0.0859. The molecule has 1 N–H and O–H groups in total. The predicted octanol–water partition coefficient (Wildman–Crippen LogP) is 2.10. The molecule has 1 aliphatic rings. The zero-order chi connectivity index (χ0) is 13.7. The second kappa shape index (κ2) is 5.85. The van der Waals surface area contributed by atoms with E-state index in [0.717, 1.165) is 26.1 Å². The molecule has 2 rings (SSSR count). The molecule has 100 valence electrons. The molecule has 1 heterocycles. The van der Waals surface area contributed by atoms with Gasteiger partial charge in [0, 0.05) is 25.3 Å². The summed E-state index contributed by atoms with van der Waals surface area (Å²) in [5.74, 6) is -0.0859. The molecule has 0 unspecified atom stereocenters. The zero-order valence-corrected chi connectivity index (χ0v) is 11.1. The number of nitrogens with zero attached hydrogens (tertiary/aromatic N) is 1. The van der Waals surface area contributed by atoms with Gasteiger partial charge in [-0.25, -0.2) is 0 Å². The van der Waals surface area contributed by atoms with E-state index in [9.17, 15) is 4.79 Å². The maximum Gasteiger partial charge on any atom is 0.251 e. The Hall–Kier alpha value is -1.86. The first kappa shape index (κ1) is 13.6. The molecule has 0 aliphatic carbocycles. The van der Waals surface area contributed by atoms with Gasteiger partial charge in [0.25, 0.3) is 5.91 Å². The van der Waals surface area contributed by atoms with Gasteiger partial charge in [0.05, 0.1) is 11.6 Å². The van der Waals surface area contributed by atoms with Gasteiger partial charge in [-0.05, 0) is 42.5 Å². The van der Waals surface area contributed by atoms with Gasteiger partial charge < -0.3 is 10.1 Å². The van der Waals surface area contributed by atoms with Crippen LogP contribution < -0.4 is 5.32 Å². The number of carbonyl (C=O) groups excluding carboxylic acids is 1. The van der Waals surface area contributed by atoms with Crippen LogP contribution in [0.3, 0.4) is 0 Å². The molecule has 1 aromatic carbocycles. The quantitative estimate of drug-likeness (QED) is 0.903. The van der Waals surface area contributed by atoms with Crippen LogP contribution in [0.5, 0.6) is 0 Å². The highest BCUT2D eigenvalue weighted by Crippen LogP contribution is 2.28. The Morgan fingerprint density at radius 1 is 1.37 bits per heavy atom. The highest BCUT2D eigenvalue weighted by atomic mass is 16.5. The van der Waals surface area contributed by atoms with Crippen molar-refractivity contribution < 1.29 is 9.53 Å². The number of amides is 1. The lowest BCUT2D eigenvalue weighted by molar-refractivity contribution is 0.0238. The van der Waals surface area contributed by atoms with Crippen molar-refractivity contribution in [1.82, 2.24) is 5.32 Å². The Labute approximate surface area is 113 Å². The van der Waals surface area contributed by atoms with E-state index >= 15 is 0 Å². The first-order chi connectivity index (χ1) is 9.13. The number of nitriles is 1. The van der Waals surface area contributed by atoms with Crippen molar-refractivity contribution in [2.45, 2.75) is 19.8 Å². The molecule has 0 spiro atoms. The number of nitrogens with one attached hydrogen (secondary N) is 1. The van der Waals surface area contributed by atoms with Crippen molar-refractivity contribution >= 4 is 5.91 Å². The highest BCUT2D eigenvalue weighted by molar-refractivity contribution is 5.94. The number of carbonyl (C=O) groups is 1. The molecule has 0 bridgehead atoms. The molecule has 1 fully saturated rings.